The average Bonchev–Trinajstić information content (AvgIpc) is 2.32. The van der Waals surface area contributed by atoms with Gasteiger partial charge in [0.1, 0.15) is 5.75 Å². The molecule has 1 heterocycles. The fraction of sp³-hybridized carbons (Fsp3) is 0.571. The Bertz CT molecular complexity index is 434. The number of hydrogen-bond donors (Lipinski definition) is 1. The lowest BCUT2D eigenvalue weighted by molar-refractivity contribution is 0.318. The first-order valence-electron chi connectivity index (χ1n) is 6.28. The molecule has 0 aromatic heterocycles. The van der Waals surface area contributed by atoms with Gasteiger partial charge in [-0.3, -0.25) is 0 Å². The largest absolute Gasteiger partial charge is 0.495 e. The second kappa shape index (κ2) is 4.98. The number of anilines is 1. The van der Waals surface area contributed by atoms with Gasteiger partial charge in [-0.25, -0.2) is 0 Å². The fourth-order valence-corrected chi connectivity index (χ4v) is 2.60. The van der Waals surface area contributed by atoms with Crippen LogP contribution in [0.25, 0.3) is 0 Å². The molecule has 0 radical (unpaired) electrons. The van der Waals surface area contributed by atoms with Crippen molar-refractivity contribution in [1.29, 1.82) is 0 Å². The molecule has 1 saturated heterocycles. The van der Waals surface area contributed by atoms with Crippen molar-refractivity contribution in [2.24, 2.45) is 0 Å². The van der Waals surface area contributed by atoms with Crippen molar-refractivity contribution in [3.63, 3.8) is 0 Å². The second-order valence-corrected chi connectivity index (χ2v) is 5.97. The van der Waals surface area contributed by atoms with E-state index in [0.717, 1.165) is 24.5 Å². The van der Waals surface area contributed by atoms with Crippen LogP contribution in [0.2, 0.25) is 5.02 Å². The maximum absolute atomic E-state index is 6.20. The van der Waals surface area contributed by atoms with Crippen molar-refractivity contribution in [2.75, 3.05) is 25.1 Å². The molecule has 1 aromatic rings. The van der Waals surface area contributed by atoms with Gasteiger partial charge in [-0.15, -0.1) is 0 Å². The Kier molecular flexibility index (Phi) is 3.74. The maximum atomic E-state index is 6.20. The van der Waals surface area contributed by atoms with Gasteiger partial charge in [-0.1, -0.05) is 11.6 Å². The highest BCUT2D eigenvalue weighted by atomic mass is 35.5. The van der Waals surface area contributed by atoms with Crippen LogP contribution in [0.1, 0.15) is 20.8 Å². The van der Waals surface area contributed by atoms with Crippen LogP contribution < -0.4 is 15.0 Å². The van der Waals surface area contributed by atoms with Crippen LogP contribution in [0.3, 0.4) is 0 Å². The SMILES string of the molecule is COc1ccc(N2CC(C)(C)NCC2C)cc1Cl. The summed E-state index contributed by atoms with van der Waals surface area (Å²) in [5.41, 5.74) is 1.28. The lowest BCUT2D eigenvalue weighted by Gasteiger charge is -2.44. The van der Waals surface area contributed by atoms with Gasteiger partial charge in [0.25, 0.3) is 0 Å². The summed E-state index contributed by atoms with van der Waals surface area (Å²) < 4.78 is 5.19. The van der Waals surface area contributed by atoms with Gasteiger partial charge in [0.15, 0.2) is 0 Å². The third-order valence-corrected chi connectivity index (χ3v) is 3.74. The molecular weight excluding hydrogens is 248 g/mol. The molecule has 2 rings (SSSR count). The summed E-state index contributed by atoms with van der Waals surface area (Å²) in [6.07, 6.45) is 0. The molecule has 1 N–H and O–H groups in total. The predicted octanol–water partition coefficient (Wildman–Crippen LogP) is 2.93. The van der Waals surface area contributed by atoms with Gasteiger partial charge >= 0.3 is 0 Å². The molecule has 0 aliphatic carbocycles. The Labute approximate surface area is 114 Å². The van der Waals surface area contributed by atoms with Gasteiger partial charge in [0, 0.05) is 30.4 Å². The molecule has 0 amide bonds. The lowest BCUT2D eigenvalue weighted by Crippen LogP contribution is -2.61. The quantitative estimate of drug-likeness (QED) is 0.893. The number of nitrogens with one attached hydrogen (secondary N) is 1. The Balaban J connectivity index is 2.26. The van der Waals surface area contributed by atoms with Gasteiger partial charge < -0.3 is 15.0 Å². The summed E-state index contributed by atoms with van der Waals surface area (Å²) in [7, 11) is 1.64. The van der Waals surface area contributed by atoms with Crippen LogP contribution >= 0.6 is 11.6 Å². The molecule has 3 nitrogen and oxygen atoms in total. The molecule has 1 aliphatic heterocycles. The highest BCUT2D eigenvalue weighted by molar-refractivity contribution is 6.32. The van der Waals surface area contributed by atoms with E-state index >= 15 is 0 Å². The third-order valence-electron chi connectivity index (χ3n) is 3.44. The zero-order chi connectivity index (χ0) is 13.3. The molecule has 1 unspecified atom stereocenters. The molecule has 100 valence electrons. The van der Waals surface area contributed by atoms with E-state index in [1.165, 1.54) is 0 Å². The summed E-state index contributed by atoms with van der Waals surface area (Å²) in [6, 6.07) is 6.45. The molecule has 0 spiro atoms. The van der Waals surface area contributed by atoms with Crippen LogP contribution in [-0.2, 0) is 0 Å². The van der Waals surface area contributed by atoms with E-state index in [2.05, 4.69) is 37.1 Å². The zero-order valence-corrected chi connectivity index (χ0v) is 12.2. The number of rotatable bonds is 2. The lowest BCUT2D eigenvalue weighted by atomic mass is 9.98. The van der Waals surface area contributed by atoms with E-state index in [0.29, 0.717) is 11.1 Å². The van der Waals surface area contributed by atoms with Gasteiger partial charge in [0.05, 0.1) is 12.1 Å². The minimum absolute atomic E-state index is 0.124. The first-order chi connectivity index (χ1) is 8.43. The Morgan fingerprint density at radius 2 is 2.17 bits per heavy atom. The van der Waals surface area contributed by atoms with Crippen molar-refractivity contribution in [3.05, 3.63) is 23.2 Å². The molecule has 18 heavy (non-hydrogen) atoms. The topological polar surface area (TPSA) is 24.5 Å². The molecule has 4 heteroatoms. The second-order valence-electron chi connectivity index (χ2n) is 5.56. The van der Waals surface area contributed by atoms with E-state index in [4.69, 9.17) is 16.3 Å². The molecule has 0 saturated carbocycles. The Morgan fingerprint density at radius 1 is 1.44 bits per heavy atom. The number of benzene rings is 1. The molecular formula is C14H21ClN2O. The normalized spacial score (nSPS) is 22.9. The third kappa shape index (κ3) is 2.73. The van der Waals surface area contributed by atoms with E-state index in [-0.39, 0.29) is 5.54 Å². The van der Waals surface area contributed by atoms with Crippen molar-refractivity contribution < 1.29 is 4.74 Å². The minimum Gasteiger partial charge on any atom is -0.495 e. The summed E-state index contributed by atoms with van der Waals surface area (Å²) in [5.74, 6) is 0.725. The van der Waals surface area contributed by atoms with Crippen LogP contribution in [-0.4, -0.2) is 31.8 Å². The van der Waals surface area contributed by atoms with Crippen LogP contribution in [0, 0.1) is 0 Å². The predicted molar refractivity (Wildman–Crippen MR) is 76.9 cm³/mol. The van der Waals surface area contributed by atoms with Crippen LogP contribution in [0.4, 0.5) is 5.69 Å². The van der Waals surface area contributed by atoms with Crippen molar-refractivity contribution in [1.82, 2.24) is 5.32 Å². The summed E-state index contributed by atoms with van der Waals surface area (Å²) in [5, 5.41) is 4.21. The molecule has 1 fully saturated rings. The van der Waals surface area contributed by atoms with Crippen LogP contribution in [0.5, 0.6) is 5.75 Å². The molecule has 0 bridgehead atoms. The van der Waals surface area contributed by atoms with E-state index in [1.807, 2.05) is 12.1 Å². The van der Waals surface area contributed by atoms with E-state index in [9.17, 15) is 0 Å². The summed E-state index contributed by atoms with van der Waals surface area (Å²) in [4.78, 5) is 2.39. The molecule has 1 atom stereocenters. The Morgan fingerprint density at radius 3 is 2.78 bits per heavy atom. The first kappa shape index (κ1) is 13.5. The fourth-order valence-electron chi connectivity index (χ4n) is 2.35. The van der Waals surface area contributed by atoms with Crippen molar-refractivity contribution in [2.45, 2.75) is 32.4 Å². The van der Waals surface area contributed by atoms with E-state index < -0.39 is 0 Å². The number of hydrogen-bond acceptors (Lipinski definition) is 3. The first-order valence-corrected chi connectivity index (χ1v) is 6.66. The van der Waals surface area contributed by atoms with Gasteiger partial charge in [-0.2, -0.15) is 0 Å². The smallest absolute Gasteiger partial charge is 0.137 e. The number of halogens is 1. The monoisotopic (exact) mass is 268 g/mol. The summed E-state index contributed by atoms with van der Waals surface area (Å²) in [6.45, 7) is 8.61. The minimum atomic E-state index is 0.124. The maximum Gasteiger partial charge on any atom is 0.137 e. The average molecular weight is 269 g/mol. The number of ether oxygens (including phenoxy) is 1. The van der Waals surface area contributed by atoms with Crippen LogP contribution in [0.15, 0.2) is 18.2 Å². The number of nitrogens with zero attached hydrogens (tertiary/aromatic N) is 1. The number of piperazine rings is 1. The highest BCUT2D eigenvalue weighted by Crippen LogP contribution is 2.31. The number of methoxy groups -OCH3 is 1. The van der Waals surface area contributed by atoms with Gasteiger partial charge in [0.2, 0.25) is 0 Å². The molecule has 1 aliphatic rings. The zero-order valence-electron chi connectivity index (χ0n) is 11.5. The van der Waals surface area contributed by atoms with Gasteiger partial charge in [-0.05, 0) is 39.0 Å². The standard InChI is InChI=1S/C14H21ClN2O/c1-10-8-16-14(2,3)9-17(10)11-5-6-13(18-4)12(15)7-11/h5-7,10,16H,8-9H2,1-4H3. The van der Waals surface area contributed by atoms with E-state index in [1.54, 1.807) is 7.11 Å². The van der Waals surface area contributed by atoms with Crippen molar-refractivity contribution >= 4 is 17.3 Å². The summed E-state index contributed by atoms with van der Waals surface area (Å²) >= 11 is 6.20. The Hall–Kier alpha value is -0.930. The highest BCUT2D eigenvalue weighted by Gasteiger charge is 2.30. The molecule has 1 aromatic carbocycles. The van der Waals surface area contributed by atoms with Crippen molar-refractivity contribution in [3.8, 4) is 5.75 Å².